The van der Waals surface area contributed by atoms with Gasteiger partial charge in [-0.05, 0) is 25.7 Å². The van der Waals surface area contributed by atoms with Crippen LogP contribution in [0.2, 0.25) is 0 Å². The highest BCUT2D eigenvalue weighted by molar-refractivity contribution is 5.97. The van der Waals surface area contributed by atoms with Gasteiger partial charge in [0.15, 0.2) is 5.78 Å². The number of Topliss-reactive ketones (excluding diaryl/α,β-unsaturated/α-hetero) is 1. The van der Waals surface area contributed by atoms with E-state index in [0.717, 1.165) is 25.1 Å². The maximum atomic E-state index is 11.5. The van der Waals surface area contributed by atoms with Crippen molar-refractivity contribution in [3.8, 4) is 0 Å². The minimum atomic E-state index is 0.302. The minimum absolute atomic E-state index is 0.302. The van der Waals surface area contributed by atoms with Crippen LogP contribution >= 0.6 is 0 Å². The van der Waals surface area contributed by atoms with E-state index in [0.29, 0.717) is 12.2 Å². The van der Waals surface area contributed by atoms with Gasteiger partial charge in [-0.25, -0.2) is 0 Å². The predicted octanol–water partition coefficient (Wildman–Crippen LogP) is 1.35. The normalized spacial score (nSPS) is 20.2. The fourth-order valence-electron chi connectivity index (χ4n) is 2.41. The first-order chi connectivity index (χ1) is 6.36. The summed E-state index contributed by atoms with van der Waals surface area (Å²) in [4.78, 5) is 11.5. The highest BCUT2D eigenvalue weighted by atomic mass is 16.1. The fourth-order valence-corrected chi connectivity index (χ4v) is 2.41. The van der Waals surface area contributed by atoms with Crippen molar-refractivity contribution in [2.24, 2.45) is 0 Å². The number of ketones is 1. The van der Waals surface area contributed by atoms with Gasteiger partial charge in [-0.3, -0.25) is 9.48 Å². The number of carbonyl (C=O) groups excluding carboxylic acids is 1. The summed E-state index contributed by atoms with van der Waals surface area (Å²) in [6.45, 7) is 0.807. The van der Waals surface area contributed by atoms with Crippen LogP contribution in [0.5, 0.6) is 0 Å². The summed E-state index contributed by atoms with van der Waals surface area (Å²) in [5.41, 5.74) is 3.37. The first-order valence-electron chi connectivity index (χ1n) is 4.98. The van der Waals surface area contributed by atoms with E-state index in [1.807, 2.05) is 4.68 Å². The van der Waals surface area contributed by atoms with Crippen LogP contribution in [-0.2, 0) is 19.4 Å². The Hall–Kier alpha value is -1.12. The number of nitrogens with zero attached hydrogens (tertiary/aromatic N) is 2. The highest BCUT2D eigenvalue weighted by Crippen LogP contribution is 2.27. The quantitative estimate of drug-likeness (QED) is 0.598. The summed E-state index contributed by atoms with van der Waals surface area (Å²) < 4.78 is 1.92. The summed E-state index contributed by atoms with van der Waals surface area (Å²) in [6, 6.07) is 0. The number of hydrogen-bond acceptors (Lipinski definition) is 2. The average molecular weight is 176 g/mol. The Labute approximate surface area is 76.7 Å². The lowest BCUT2D eigenvalue weighted by atomic mass is 9.95. The van der Waals surface area contributed by atoms with Crippen molar-refractivity contribution in [1.82, 2.24) is 9.78 Å². The molecule has 0 saturated carbocycles. The molecule has 2 aliphatic rings. The van der Waals surface area contributed by atoms with E-state index in [-0.39, 0.29) is 0 Å². The van der Waals surface area contributed by atoms with Gasteiger partial charge in [-0.1, -0.05) is 0 Å². The molecule has 13 heavy (non-hydrogen) atoms. The number of fused-ring (bicyclic) bond motifs is 3. The molecule has 0 radical (unpaired) electrons. The third-order valence-corrected chi connectivity index (χ3v) is 3.04. The number of rotatable bonds is 0. The van der Waals surface area contributed by atoms with Gasteiger partial charge in [0.25, 0.3) is 0 Å². The van der Waals surface area contributed by atoms with Gasteiger partial charge in [-0.15, -0.1) is 0 Å². The van der Waals surface area contributed by atoms with Gasteiger partial charge in [-0.2, -0.15) is 5.10 Å². The Kier molecular flexibility index (Phi) is 1.37. The van der Waals surface area contributed by atoms with Crippen molar-refractivity contribution in [2.45, 2.75) is 38.6 Å². The molecule has 68 valence electrons. The van der Waals surface area contributed by atoms with E-state index in [4.69, 9.17) is 0 Å². The van der Waals surface area contributed by atoms with Crippen molar-refractivity contribution in [1.29, 1.82) is 0 Å². The number of carbonyl (C=O) groups is 1. The second-order valence-corrected chi connectivity index (χ2v) is 3.88. The summed E-state index contributed by atoms with van der Waals surface area (Å²) in [7, 11) is 0. The third kappa shape index (κ3) is 0.900. The third-order valence-electron chi connectivity index (χ3n) is 3.04. The molecule has 3 nitrogen and oxygen atoms in total. The first kappa shape index (κ1) is 7.30. The van der Waals surface area contributed by atoms with Crippen molar-refractivity contribution in [3.05, 3.63) is 17.0 Å². The van der Waals surface area contributed by atoms with E-state index in [1.54, 1.807) is 0 Å². The number of aryl methyl sites for hydroxylation is 2. The van der Waals surface area contributed by atoms with Crippen LogP contribution in [-0.4, -0.2) is 15.6 Å². The van der Waals surface area contributed by atoms with Crippen molar-refractivity contribution in [3.63, 3.8) is 0 Å². The molecule has 0 amide bonds. The molecule has 0 atom stereocenters. The second-order valence-electron chi connectivity index (χ2n) is 3.88. The topological polar surface area (TPSA) is 34.9 Å². The molecule has 1 aliphatic heterocycles. The Morgan fingerprint density at radius 3 is 2.92 bits per heavy atom. The van der Waals surface area contributed by atoms with Crippen LogP contribution in [0.3, 0.4) is 0 Å². The maximum Gasteiger partial charge on any atom is 0.182 e. The zero-order chi connectivity index (χ0) is 8.84. The first-order valence-corrected chi connectivity index (χ1v) is 4.98. The van der Waals surface area contributed by atoms with Crippen molar-refractivity contribution >= 4 is 5.78 Å². The molecule has 0 unspecified atom stereocenters. The van der Waals surface area contributed by atoms with E-state index in [2.05, 4.69) is 5.10 Å². The van der Waals surface area contributed by atoms with Gasteiger partial charge in [0.1, 0.15) is 5.69 Å². The Morgan fingerprint density at radius 2 is 2.00 bits per heavy atom. The standard InChI is InChI=1S/C10H12N2O/c13-9-5-6-12-10(9)7-3-1-2-4-8(7)11-12/h1-6H2. The van der Waals surface area contributed by atoms with E-state index >= 15 is 0 Å². The van der Waals surface area contributed by atoms with E-state index in [1.165, 1.54) is 24.1 Å². The summed E-state index contributed by atoms with van der Waals surface area (Å²) in [5.74, 6) is 0.302. The predicted molar refractivity (Wildman–Crippen MR) is 47.8 cm³/mol. The Balaban J connectivity index is 2.19. The lowest BCUT2D eigenvalue weighted by molar-refractivity contribution is 0.0993. The van der Waals surface area contributed by atoms with Crippen LogP contribution < -0.4 is 0 Å². The van der Waals surface area contributed by atoms with Gasteiger partial charge >= 0.3 is 0 Å². The lowest BCUT2D eigenvalue weighted by Crippen LogP contribution is -2.04. The molecule has 0 aromatic carbocycles. The molecular formula is C10H12N2O. The van der Waals surface area contributed by atoms with Crippen LogP contribution in [0.4, 0.5) is 0 Å². The van der Waals surface area contributed by atoms with Crippen LogP contribution in [0.15, 0.2) is 0 Å². The zero-order valence-electron chi connectivity index (χ0n) is 7.55. The van der Waals surface area contributed by atoms with Gasteiger partial charge in [0.2, 0.25) is 0 Å². The zero-order valence-corrected chi connectivity index (χ0v) is 7.55. The van der Waals surface area contributed by atoms with Crippen LogP contribution in [0, 0.1) is 0 Å². The molecule has 3 rings (SSSR count). The van der Waals surface area contributed by atoms with Crippen molar-refractivity contribution < 1.29 is 4.79 Å². The molecule has 1 aliphatic carbocycles. The molecular weight excluding hydrogens is 164 g/mol. The molecule has 3 heteroatoms. The molecule has 0 spiro atoms. The molecule has 0 bridgehead atoms. The smallest absolute Gasteiger partial charge is 0.182 e. The minimum Gasteiger partial charge on any atom is -0.292 e. The maximum absolute atomic E-state index is 11.5. The van der Waals surface area contributed by atoms with E-state index < -0.39 is 0 Å². The van der Waals surface area contributed by atoms with Gasteiger partial charge < -0.3 is 0 Å². The molecule has 0 fully saturated rings. The van der Waals surface area contributed by atoms with Crippen LogP contribution in [0.25, 0.3) is 0 Å². The number of aromatic nitrogens is 2. The molecule has 0 N–H and O–H groups in total. The monoisotopic (exact) mass is 176 g/mol. The summed E-state index contributed by atoms with van der Waals surface area (Å²) in [5, 5.41) is 4.48. The SMILES string of the molecule is O=C1CCn2nc3c(c21)CCCC3. The molecule has 2 heterocycles. The Morgan fingerprint density at radius 1 is 1.15 bits per heavy atom. The lowest BCUT2D eigenvalue weighted by Gasteiger charge is -2.09. The number of hydrogen-bond donors (Lipinski definition) is 0. The summed E-state index contributed by atoms with van der Waals surface area (Å²) >= 11 is 0. The Bertz CT molecular complexity index is 379. The summed E-state index contributed by atoms with van der Waals surface area (Å²) in [6.07, 6.45) is 5.26. The largest absolute Gasteiger partial charge is 0.292 e. The average Bonchev–Trinajstić information content (AvgIpc) is 2.66. The fraction of sp³-hybridized carbons (Fsp3) is 0.600. The molecule has 1 aromatic rings. The highest BCUT2D eigenvalue weighted by Gasteiger charge is 2.28. The molecule has 1 aromatic heterocycles. The van der Waals surface area contributed by atoms with Gasteiger partial charge in [0, 0.05) is 18.5 Å². The van der Waals surface area contributed by atoms with Gasteiger partial charge in [0.05, 0.1) is 5.69 Å². The van der Waals surface area contributed by atoms with Crippen molar-refractivity contribution in [2.75, 3.05) is 0 Å². The van der Waals surface area contributed by atoms with Crippen LogP contribution in [0.1, 0.15) is 41.0 Å². The molecule has 0 saturated heterocycles. The van der Waals surface area contributed by atoms with E-state index in [9.17, 15) is 4.79 Å². The second kappa shape index (κ2) is 2.44.